The Bertz CT molecular complexity index is 1250. The van der Waals surface area contributed by atoms with Gasteiger partial charge in [0.05, 0.1) is 0 Å². The van der Waals surface area contributed by atoms with Crippen LogP contribution in [0.2, 0.25) is 0 Å². The van der Waals surface area contributed by atoms with E-state index >= 15 is 0 Å². The summed E-state index contributed by atoms with van der Waals surface area (Å²) < 4.78 is 0. The highest BCUT2D eigenvalue weighted by atomic mass is 16.2. The zero-order valence-corrected chi connectivity index (χ0v) is 23.6. The SMILES string of the molecule is CNC(=O)NCc1ccccc1-c1ccc(CNC(=O)[C@@H](CCCc2ccccc2)NC(=O)CC(C)(C)N)cc1. The molecule has 0 unspecified atom stereocenters. The lowest BCUT2D eigenvalue weighted by Crippen LogP contribution is -2.49. The minimum Gasteiger partial charge on any atom is -0.350 e. The number of hydrogen-bond donors (Lipinski definition) is 5. The highest BCUT2D eigenvalue weighted by Gasteiger charge is 2.23. The van der Waals surface area contributed by atoms with Gasteiger partial charge in [0, 0.05) is 32.1 Å². The van der Waals surface area contributed by atoms with Crippen LogP contribution in [0.25, 0.3) is 11.1 Å². The summed E-state index contributed by atoms with van der Waals surface area (Å²) in [5.74, 6) is -0.452. The Kier molecular flexibility index (Phi) is 11.3. The molecule has 6 N–H and O–H groups in total. The van der Waals surface area contributed by atoms with Gasteiger partial charge in [0.25, 0.3) is 0 Å². The van der Waals surface area contributed by atoms with Gasteiger partial charge in [-0.3, -0.25) is 9.59 Å². The maximum atomic E-state index is 13.1. The number of nitrogens with one attached hydrogen (secondary N) is 4. The zero-order valence-electron chi connectivity index (χ0n) is 23.6. The molecule has 3 aromatic carbocycles. The Morgan fingerprint density at radius 1 is 0.825 bits per heavy atom. The molecule has 0 saturated heterocycles. The van der Waals surface area contributed by atoms with E-state index in [4.69, 9.17) is 5.73 Å². The molecule has 0 spiro atoms. The average Bonchev–Trinajstić information content (AvgIpc) is 2.94. The normalized spacial score (nSPS) is 11.8. The molecule has 3 rings (SSSR count). The maximum Gasteiger partial charge on any atom is 0.314 e. The number of carbonyl (C=O) groups is 3. The summed E-state index contributed by atoms with van der Waals surface area (Å²) >= 11 is 0. The lowest BCUT2D eigenvalue weighted by molar-refractivity contribution is -0.129. The molecular formula is C32H41N5O3. The molecule has 3 aromatic rings. The molecular weight excluding hydrogens is 502 g/mol. The molecule has 1 atom stereocenters. The second-order valence-electron chi connectivity index (χ2n) is 10.7. The number of urea groups is 1. The van der Waals surface area contributed by atoms with Crippen molar-refractivity contribution in [1.29, 1.82) is 0 Å². The quantitative estimate of drug-likeness (QED) is 0.223. The van der Waals surface area contributed by atoms with Crippen LogP contribution >= 0.6 is 0 Å². The molecule has 40 heavy (non-hydrogen) atoms. The average molecular weight is 544 g/mol. The predicted octanol–water partition coefficient (Wildman–Crippen LogP) is 4.03. The van der Waals surface area contributed by atoms with Crippen LogP contribution in [-0.4, -0.2) is 36.5 Å². The van der Waals surface area contributed by atoms with Crippen LogP contribution in [0.15, 0.2) is 78.9 Å². The summed E-state index contributed by atoms with van der Waals surface area (Å²) in [5.41, 5.74) is 10.5. The summed E-state index contributed by atoms with van der Waals surface area (Å²) in [6.45, 7) is 4.33. The lowest BCUT2D eigenvalue weighted by atomic mass is 9.98. The van der Waals surface area contributed by atoms with E-state index in [0.29, 0.717) is 19.5 Å². The lowest BCUT2D eigenvalue weighted by Gasteiger charge is -2.22. The van der Waals surface area contributed by atoms with E-state index in [2.05, 4.69) is 33.4 Å². The molecule has 0 aliphatic rings. The maximum absolute atomic E-state index is 13.1. The summed E-state index contributed by atoms with van der Waals surface area (Å²) in [5, 5.41) is 11.3. The van der Waals surface area contributed by atoms with E-state index in [1.54, 1.807) is 20.9 Å². The molecule has 0 fully saturated rings. The Balaban J connectivity index is 1.61. The van der Waals surface area contributed by atoms with Gasteiger partial charge < -0.3 is 27.0 Å². The van der Waals surface area contributed by atoms with Gasteiger partial charge in [-0.2, -0.15) is 0 Å². The molecule has 0 aliphatic heterocycles. The van der Waals surface area contributed by atoms with E-state index in [1.807, 2.05) is 66.7 Å². The van der Waals surface area contributed by atoms with Gasteiger partial charge in [0.2, 0.25) is 11.8 Å². The van der Waals surface area contributed by atoms with Crippen molar-refractivity contribution in [1.82, 2.24) is 21.3 Å². The van der Waals surface area contributed by atoms with E-state index in [1.165, 1.54) is 5.56 Å². The fourth-order valence-corrected chi connectivity index (χ4v) is 4.42. The standard InChI is InChI=1S/C32H41N5O3/c1-32(2,33)20-29(38)37-28(15-9-12-23-10-5-4-6-11-23)30(39)35-21-24-16-18-25(19-17-24)27-14-8-7-13-26(27)22-36-31(40)34-3/h4-8,10-11,13-14,16-19,28H,9,12,15,20-22,33H2,1-3H3,(H,35,39)(H,37,38)(H2,34,36,40)/t28-/m1/s1. The van der Waals surface area contributed by atoms with Crippen LogP contribution in [0.4, 0.5) is 4.79 Å². The van der Waals surface area contributed by atoms with Crippen LogP contribution in [-0.2, 0) is 29.1 Å². The van der Waals surface area contributed by atoms with E-state index in [9.17, 15) is 14.4 Å². The fraction of sp³-hybridized carbons (Fsp3) is 0.344. The highest BCUT2D eigenvalue weighted by Crippen LogP contribution is 2.24. The van der Waals surface area contributed by atoms with Crippen molar-refractivity contribution in [3.8, 4) is 11.1 Å². The first-order valence-corrected chi connectivity index (χ1v) is 13.7. The molecule has 0 aliphatic carbocycles. The van der Waals surface area contributed by atoms with Crippen molar-refractivity contribution < 1.29 is 14.4 Å². The molecule has 8 nitrogen and oxygen atoms in total. The van der Waals surface area contributed by atoms with Gasteiger partial charge in [-0.15, -0.1) is 0 Å². The number of amides is 4. The fourth-order valence-electron chi connectivity index (χ4n) is 4.42. The van der Waals surface area contributed by atoms with E-state index in [0.717, 1.165) is 35.1 Å². The summed E-state index contributed by atoms with van der Waals surface area (Å²) in [4.78, 5) is 37.3. The molecule has 212 valence electrons. The van der Waals surface area contributed by atoms with E-state index in [-0.39, 0.29) is 24.3 Å². The first-order chi connectivity index (χ1) is 19.1. The molecule has 0 radical (unpaired) electrons. The number of nitrogens with two attached hydrogens (primary N) is 1. The first kappa shape index (κ1) is 30.4. The first-order valence-electron chi connectivity index (χ1n) is 13.7. The number of benzene rings is 3. The molecule has 0 aromatic heterocycles. The Morgan fingerprint density at radius 2 is 1.50 bits per heavy atom. The second-order valence-corrected chi connectivity index (χ2v) is 10.7. The van der Waals surface area contributed by atoms with Gasteiger partial charge in [-0.1, -0.05) is 78.9 Å². The van der Waals surface area contributed by atoms with Crippen molar-refractivity contribution in [3.05, 3.63) is 95.6 Å². The molecule has 0 heterocycles. The topological polar surface area (TPSA) is 125 Å². The number of carbonyl (C=O) groups excluding carboxylic acids is 3. The van der Waals surface area contributed by atoms with Gasteiger partial charge >= 0.3 is 6.03 Å². The monoisotopic (exact) mass is 543 g/mol. The molecule has 4 amide bonds. The summed E-state index contributed by atoms with van der Waals surface area (Å²) in [6, 6.07) is 25.1. The van der Waals surface area contributed by atoms with Crippen molar-refractivity contribution in [2.45, 2.75) is 64.2 Å². The van der Waals surface area contributed by atoms with Gasteiger partial charge in [-0.05, 0) is 60.9 Å². The van der Waals surface area contributed by atoms with Crippen LogP contribution in [0.3, 0.4) is 0 Å². The highest BCUT2D eigenvalue weighted by molar-refractivity contribution is 5.88. The third kappa shape index (κ3) is 10.2. The smallest absolute Gasteiger partial charge is 0.314 e. The van der Waals surface area contributed by atoms with Crippen molar-refractivity contribution in [3.63, 3.8) is 0 Å². The van der Waals surface area contributed by atoms with Crippen molar-refractivity contribution in [2.75, 3.05) is 7.05 Å². The van der Waals surface area contributed by atoms with Crippen LogP contribution < -0.4 is 27.0 Å². The van der Waals surface area contributed by atoms with Gasteiger partial charge in [0.15, 0.2) is 0 Å². The zero-order chi connectivity index (χ0) is 29.0. The van der Waals surface area contributed by atoms with Crippen molar-refractivity contribution in [2.24, 2.45) is 5.73 Å². The molecule has 0 saturated carbocycles. The third-order valence-electron chi connectivity index (χ3n) is 6.48. The minimum atomic E-state index is -0.659. The van der Waals surface area contributed by atoms with Crippen LogP contribution in [0, 0.1) is 0 Å². The number of aryl methyl sites for hydroxylation is 1. The number of rotatable bonds is 13. The Labute approximate surface area is 237 Å². The largest absolute Gasteiger partial charge is 0.350 e. The molecule has 8 heteroatoms. The Hall–Kier alpha value is -4.17. The van der Waals surface area contributed by atoms with Crippen LogP contribution in [0.1, 0.15) is 49.8 Å². The summed E-state index contributed by atoms with van der Waals surface area (Å²) in [6.07, 6.45) is 2.25. The van der Waals surface area contributed by atoms with Gasteiger partial charge in [-0.25, -0.2) is 4.79 Å². The Morgan fingerprint density at radius 3 is 2.17 bits per heavy atom. The van der Waals surface area contributed by atoms with Gasteiger partial charge in [0.1, 0.15) is 6.04 Å². The second kappa shape index (κ2) is 14.8. The van der Waals surface area contributed by atoms with Crippen LogP contribution in [0.5, 0.6) is 0 Å². The summed E-state index contributed by atoms with van der Waals surface area (Å²) in [7, 11) is 1.58. The van der Waals surface area contributed by atoms with E-state index < -0.39 is 11.6 Å². The number of hydrogen-bond acceptors (Lipinski definition) is 4. The third-order valence-corrected chi connectivity index (χ3v) is 6.48. The van der Waals surface area contributed by atoms with Crippen molar-refractivity contribution >= 4 is 17.8 Å². The minimum absolute atomic E-state index is 0.136. The molecule has 0 bridgehead atoms. The predicted molar refractivity (Wildman–Crippen MR) is 159 cm³/mol.